The van der Waals surface area contributed by atoms with Crippen LogP contribution < -0.4 is 5.32 Å². The van der Waals surface area contributed by atoms with Gasteiger partial charge in [0, 0.05) is 17.3 Å². The van der Waals surface area contributed by atoms with Crippen molar-refractivity contribution < 1.29 is 0 Å². The van der Waals surface area contributed by atoms with Crippen LogP contribution >= 0.6 is 0 Å². The summed E-state index contributed by atoms with van der Waals surface area (Å²) in [6.07, 6.45) is 10.5. The number of allylic oxidation sites excluding steroid dienone is 2. The molecule has 0 aromatic carbocycles. The Morgan fingerprint density at radius 2 is 1.76 bits per heavy atom. The van der Waals surface area contributed by atoms with Crippen molar-refractivity contribution in [3.05, 3.63) is 24.6 Å². The Labute approximate surface area is 107 Å². The largest absolute Gasteiger partial charge is 0.363 e. The zero-order valence-corrected chi connectivity index (χ0v) is 11.7. The van der Waals surface area contributed by atoms with Crippen molar-refractivity contribution in [3.63, 3.8) is 0 Å². The van der Waals surface area contributed by atoms with Crippen LogP contribution in [0.2, 0.25) is 0 Å². The zero-order chi connectivity index (χ0) is 12.7. The number of hydrogen-bond acceptors (Lipinski definition) is 1. The van der Waals surface area contributed by atoms with Crippen molar-refractivity contribution in [1.29, 1.82) is 0 Å². The molecule has 0 bridgehead atoms. The highest BCUT2D eigenvalue weighted by Crippen LogP contribution is 2.35. The summed E-state index contributed by atoms with van der Waals surface area (Å²) in [5, 5.41) is 3.37. The minimum absolute atomic E-state index is 0.679. The van der Waals surface area contributed by atoms with Crippen LogP contribution in [0, 0.1) is 11.8 Å². The topological polar surface area (TPSA) is 12.0 Å². The second-order valence-corrected chi connectivity index (χ2v) is 5.44. The maximum absolute atomic E-state index is 4.21. The Hall–Kier alpha value is -0.720. The average molecular weight is 235 g/mol. The van der Waals surface area contributed by atoms with Crippen molar-refractivity contribution in [1.82, 2.24) is 5.32 Å². The highest BCUT2D eigenvalue weighted by Gasteiger charge is 2.26. The molecule has 1 aliphatic heterocycles. The Morgan fingerprint density at radius 3 is 2.24 bits per heavy atom. The van der Waals surface area contributed by atoms with Gasteiger partial charge in [0.25, 0.3) is 0 Å². The number of unbranched alkanes of at least 4 members (excludes halogenated alkanes) is 2. The second-order valence-electron chi connectivity index (χ2n) is 5.44. The van der Waals surface area contributed by atoms with Crippen LogP contribution in [0.25, 0.3) is 0 Å². The molecule has 0 spiro atoms. The Morgan fingerprint density at radius 1 is 1.18 bits per heavy atom. The predicted octanol–water partition coefficient (Wildman–Crippen LogP) is 5.01. The number of rotatable bonds is 7. The van der Waals surface area contributed by atoms with Gasteiger partial charge in [-0.25, -0.2) is 0 Å². The standard InChI is InChI=1S/C16H29N/c1-5-7-9-15(10-8-6-2)16-12-11-13(3)17-14(16)4/h15-17H,3-12H2,1-2H3. The first-order valence-electron chi connectivity index (χ1n) is 7.32. The molecule has 98 valence electrons. The van der Waals surface area contributed by atoms with Gasteiger partial charge in [0.2, 0.25) is 0 Å². The Kier molecular flexibility index (Phi) is 6.39. The summed E-state index contributed by atoms with van der Waals surface area (Å²) in [5.74, 6) is 1.52. The Bertz CT molecular complexity index is 246. The third-order valence-electron chi connectivity index (χ3n) is 3.97. The molecule has 17 heavy (non-hydrogen) atoms. The van der Waals surface area contributed by atoms with Crippen LogP contribution in [0.3, 0.4) is 0 Å². The summed E-state index contributed by atoms with van der Waals surface area (Å²) in [6.45, 7) is 12.8. The normalized spacial score (nSPS) is 20.8. The smallest absolute Gasteiger partial charge is 0.0110 e. The summed E-state index contributed by atoms with van der Waals surface area (Å²) in [6, 6.07) is 0. The monoisotopic (exact) mass is 235 g/mol. The summed E-state index contributed by atoms with van der Waals surface area (Å²) in [4.78, 5) is 0. The third kappa shape index (κ3) is 4.57. The molecule has 1 heteroatoms. The van der Waals surface area contributed by atoms with E-state index in [1.807, 2.05) is 0 Å². The lowest BCUT2D eigenvalue weighted by molar-refractivity contribution is 0.280. The van der Waals surface area contributed by atoms with Gasteiger partial charge in [-0.1, -0.05) is 52.7 Å². The zero-order valence-electron chi connectivity index (χ0n) is 11.7. The van der Waals surface area contributed by atoms with Crippen molar-refractivity contribution in [2.75, 3.05) is 0 Å². The highest BCUT2D eigenvalue weighted by molar-refractivity contribution is 5.14. The van der Waals surface area contributed by atoms with Gasteiger partial charge in [0.05, 0.1) is 0 Å². The molecule has 0 aliphatic carbocycles. The molecule has 0 radical (unpaired) electrons. The van der Waals surface area contributed by atoms with E-state index in [0.717, 1.165) is 18.0 Å². The first-order valence-corrected chi connectivity index (χ1v) is 7.32. The fraction of sp³-hybridized carbons (Fsp3) is 0.750. The van der Waals surface area contributed by atoms with E-state index in [1.54, 1.807) is 0 Å². The van der Waals surface area contributed by atoms with Gasteiger partial charge in [-0.05, 0) is 31.6 Å². The van der Waals surface area contributed by atoms with E-state index in [9.17, 15) is 0 Å². The number of nitrogens with one attached hydrogen (secondary N) is 1. The number of piperidine rings is 1. The first kappa shape index (κ1) is 14.3. The minimum Gasteiger partial charge on any atom is -0.363 e. The molecule has 1 aliphatic rings. The highest BCUT2D eigenvalue weighted by atomic mass is 14.9. The fourth-order valence-electron chi connectivity index (χ4n) is 2.89. The lowest BCUT2D eigenvalue weighted by Gasteiger charge is -2.34. The average Bonchev–Trinajstić information content (AvgIpc) is 2.30. The fourth-order valence-corrected chi connectivity index (χ4v) is 2.89. The molecule has 0 aromatic heterocycles. The molecule has 1 unspecified atom stereocenters. The Balaban J connectivity index is 2.54. The molecule has 1 saturated heterocycles. The molecule has 1 nitrogen and oxygen atoms in total. The van der Waals surface area contributed by atoms with Crippen LogP contribution in [0.5, 0.6) is 0 Å². The van der Waals surface area contributed by atoms with E-state index in [2.05, 4.69) is 32.3 Å². The van der Waals surface area contributed by atoms with Gasteiger partial charge in [-0.15, -0.1) is 0 Å². The molecule has 0 aromatic rings. The summed E-state index contributed by atoms with van der Waals surface area (Å²) < 4.78 is 0. The lowest BCUT2D eigenvalue weighted by atomic mass is 9.78. The molecule has 0 saturated carbocycles. The second kappa shape index (κ2) is 7.58. The summed E-state index contributed by atoms with van der Waals surface area (Å²) in [7, 11) is 0. The van der Waals surface area contributed by atoms with Crippen LogP contribution in [0.15, 0.2) is 24.6 Å². The summed E-state index contributed by atoms with van der Waals surface area (Å²) >= 11 is 0. The SMILES string of the molecule is C=C1CCC(C(CCCC)CCCC)C(=C)N1. The molecular weight excluding hydrogens is 206 g/mol. The van der Waals surface area contributed by atoms with E-state index in [-0.39, 0.29) is 0 Å². The maximum Gasteiger partial charge on any atom is 0.0110 e. The minimum atomic E-state index is 0.679. The lowest BCUT2D eigenvalue weighted by Crippen LogP contribution is -2.30. The van der Waals surface area contributed by atoms with Crippen LogP contribution in [-0.2, 0) is 0 Å². The van der Waals surface area contributed by atoms with E-state index >= 15 is 0 Å². The first-order chi connectivity index (χ1) is 8.19. The van der Waals surface area contributed by atoms with Crippen LogP contribution in [0.4, 0.5) is 0 Å². The van der Waals surface area contributed by atoms with Crippen molar-refractivity contribution in [3.8, 4) is 0 Å². The number of hydrogen-bond donors (Lipinski definition) is 1. The van der Waals surface area contributed by atoms with Crippen molar-refractivity contribution >= 4 is 0 Å². The van der Waals surface area contributed by atoms with Crippen molar-refractivity contribution in [2.24, 2.45) is 11.8 Å². The molecule has 0 amide bonds. The molecule has 1 heterocycles. The molecular formula is C16H29N. The predicted molar refractivity (Wildman–Crippen MR) is 76.7 cm³/mol. The van der Waals surface area contributed by atoms with Gasteiger partial charge in [-0.3, -0.25) is 0 Å². The van der Waals surface area contributed by atoms with Gasteiger partial charge in [-0.2, -0.15) is 0 Å². The molecule has 1 atom stereocenters. The molecule has 1 N–H and O–H groups in total. The maximum atomic E-state index is 4.21. The van der Waals surface area contributed by atoms with E-state index in [1.165, 1.54) is 50.6 Å². The van der Waals surface area contributed by atoms with E-state index < -0.39 is 0 Å². The van der Waals surface area contributed by atoms with Crippen LogP contribution in [0.1, 0.15) is 65.2 Å². The molecule has 1 rings (SSSR count). The van der Waals surface area contributed by atoms with Gasteiger partial charge < -0.3 is 5.32 Å². The van der Waals surface area contributed by atoms with Gasteiger partial charge >= 0.3 is 0 Å². The van der Waals surface area contributed by atoms with Gasteiger partial charge in [0.15, 0.2) is 0 Å². The van der Waals surface area contributed by atoms with Crippen molar-refractivity contribution in [2.45, 2.75) is 65.2 Å². The van der Waals surface area contributed by atoms with Crippen LogP contribution in [-0.4, -0.2) is 0 Å². The summed E-state index contributed by atoms with van der Waals surface area (Å²) in [5.41, 5.74) is 2.37. The van der Waals surface area contributed by atoms with Gasteiger partial charge in [0.1, 0.15) is 0 Å². The van der Waals surface area contributed by atoms with E-state index in [0.29, 0.717) is 5.92 Å². The van der Waals surface area contributed by atoms with E-state index in [4.69, 9.17) is 0 Å². The third-order valence-corrected chi connectivity index (χ3v) is 3.97. The quantitative estimate of drug-likeness (QED) is 0.654. The molecule has 1 fully saturated rings.